The molecule has 2 nitrogen and oxygen atoms in total. The van der Waals surface area contributed by atoms with Gasteiger partial charge in [-0.2, -0.15) is 0 Å². The average molecular weight is 266 g/mol. The second-order valence-corrected chi connectivity index (χ2v) is 6.52. The normalized spacial score (nSPS) is 28.1. The number of quaternary nitrogens is 1. The van der Waals surface area contributed by atoms with Crippen molar-refractivity contribution in [2.24, 2.45) is 5.92 Å². The molecule has 0 spiro atoms. The third-order valence-corrected chi connectivity index (χ3v) is 5.32. The maximum Gasteiger partial charge on any atom is 0.159 e. The lowest BCUT2D eigenvalue weighted by molar-refractivity contribution is 0.101. The summed E-state index contributed by atoms with van der Waals surface area (Å²) in [6.07, 6.45) is 2.78. The largest absolute Gasteiger partial charge is 0.295 e. The highest BCUT2D eigenvalue weighted by Crippen LogP contribution is 2.41. The smallest absolute Gasteiger partial charge is 0.159 e. The Morgan fingerprint density at radius 3 is 2.40 bits per heavy atom. The highest BCUT2D eigenvalue weighted by atomic mass is 16.1. The molecular weight excluding hydrogens is 246 g/mol. The molecule has 0 amide bonds. The van der Waals surface area contributed by atoms with Gasteiger partial charge in [-0.15, -0.1) is 0 Å². The molecule has 102 valence electrons. The lowest BCUT2D eigenvalue weighted by Gasteiger charge is -2.31. The molecule has 20 heavy (non-hydrogen) atoms. The van der Waals surface area contributed by atoms with Crippen LogP contribution in [-0.4, -0.2) is 25.4 Å². The second kappa shape index (κ2) is 4.16. The van der Waals surface area contributed by atoms with Gasteiger partial charge in [0.05, 0.1) is 19.6 Å². The summed E-state index contributed by atoms with van der Waals surface area (Å²) in [5.74, 6) is 1.09. The van der Waals surface area contributed by atoms with Gasteiger partial charge in [0.2, 0.25) is 0 Å². The van der Waals surface area contributed by atoms with Crippen LogP contribution in [0.2, 0.25) is 0 Å². The summed E-state index contributed by atoms with van der Waals surface area (Å²) in [5, 5.41) is 2.44. The van der Waals surface area contributed by atoms with E-state index >= 15 is 0 Å². The standard InChI is InChI=1S/C18H20NO/c1-13(20)15-2-3-17-11-18(5-4-16(17)10-15)19-8-6-14(12-19)7-9-19/h2-5,10-11,14H,6-9,12H2,1H3/q+1. The summed E-state index contributed by atoms with van der Waals surface area (Å²) in [6.45, 7) is 5.57. The minimum absolute atomic E-state index is 0.139. The Morgan fingerprint density at radius 1 is 1.05 bits per heavy atom. The highest BCUT2D eigenvalue weighted by molar-refractivity contribution is 5.99. The van der Waals surface area contributed by atoms with Gasteiger partial charge in [-0.25, -0.2) is 0 Å². The van der Waals surface area contributed by atoms with Crippen molar-refractivity contribution in [1.29, 1.82) is 0 Å². The van der Waals surface area contributed by atoms with E-state index in [4.69, 9.17) is 0 Å². The number of hydrogen-bond acceptors (Lipinski definition) is 1. The summed E-state index contributed by atoms with van der Waals surface area (Å²) in [5.41, 5.74) is 2.27. The molecule has 2 aromatic rings. The lowest BCUT2D eigenvalue weighted by atomic mass is 10.0. The van der Waals surface area contributed by atoms with Crippen LogP contribution >= 0.6 is 0 Å². The number of Topliss-reactive ketones (excluding diaryl/α,β-unsaturated/α-hetero) is 1. The first-order chi connectivity index (χ1) is 9.66. The Hall–Kier alpha value is -1.67. The van der Waals surface area contributed by atoms with E-state index in [0.717, 1.165) is 11.5 Å². The Morgan fingerprint density at radius 2 is 1.75 bits per heavy atom. The molecule has 0 N–H and O–H groups in total. The van der Waals surface area contributed by atoms with E-state index in [2.05, 4.69) is 24.3 Å². The molecule has 0 atom stereocenters. The molecule has 2 heteroatoms. The lowest BCUT2D eigenvalue weighted by Crippen LogP contribution is -2.44. The van der Waals surface area contributed by atoms with Gasteiger partial charge in [0.25, 0.3) is 0 Å². The molecule has 2 bridgehead atoms. The zero-order valence-corrected chi connectivity index (χ0v) is 11.9. The van der Waals surface area contributed by atoms with Gasteiger partial charge in [-0.3, -0.25) is 9.28 Å². The molecule has 0 radical (unpaired) electrons. The third kappa shape index (κ3) is 1.71. The van der Waals surface area contributed by atoms with Crippen molar-refractivity contribution in [2.75, 3.05) is 19.6 Å². The molecule has 2 aromatic carbocycles. The summed E-state index contributed by atoms with van der Waals surface area (Å²) in [4.78, 5) is 11.5. The van der Waals surface area contributed by atoms with Crippen LogP contribution in [0.5, 0.6) is 0 Å². The van der Waals surface area contributed by atoms with Gasteiger partial charge >= 0.3 is 0 Å². The van der Waals surface area contributed by atoms with Crippen LogP contribution < -0.4 is 4.48 Å². The molecule has 0 aromatic heterocycles. The Kier molecular flexibility index (Phi) is 2.52. The zero-order chi connectivity index (χ0) is 13.7. The molecule has 2 aliphatic rings. The van der Waals surface area contributed by atoms with Crippen LogP contribution in [-0.2, 0) is 0 Å². The third-order valence-electron chi connectivity index (χ3n) is 5.32. The average Bonchev–Trinajstić information content (AvgIpc) is 3.08. The summed E-state index contributed by atoms with van der Waals surface area (Å²) in [6, 6.07) is 12.9. The van der Waals surface area contributed by atoms with E-state index in [9.17, 15) is 4.79 Å². The maximum absolute atomic E-state index is 11.5. The number of hydrogen-bond donors (Lipinski definition) is 0. The predicted octanol–water partition coefficient (Wildman–Crippen LogP) is 3.77. The van der Waals surface area contributed by atoms with Gasteiger partial charge in [-0.05, 0) is 35.9 Å². The monoisotopic (exact) mass is 266 g/mol. The topological polar surface area (TPSA) is 17.1 Å². The van der Waals surface area contributed by atoms with E-state index in [0.29, 0.717) is 0 Å². The Balaban J connectivity index is 1.80. The maximum atomic E-state index is 11.5. The van der Waals surface area contributed by atoms with Crippen LogP contribution in [0.15, 0.2) is 36.4 Å². The quantitative estimate of drug-likeness (QED) is 0.597. The first-order valence-corrected chi connectivity index (χ1v) is 7.58. The highest BCUT2D eigenvalue weighted by Gasteiger charge is 2.46. The van der Waals surface area contributed by atoms with E-state index in [1.54, 1.807) is 6.92 Å². The first kappa shape index (κ1) is 12.1. The van der Waals surface area contributed by atoms with Gasteiger partial charge in [0, 0.05) is 30.4 Å². The first-order valence-electron chi connectivity index (χ1n) is 7.58. The molecule has 2 fully saturated rings. The van der Waals surface area contributed by atoms with Crippen molar-refractivity contribution < 1.29 is 4.79 Å². The number of nitrogens with zero attached hydrogens (tertiary/aromatic N) is 1. The SMILES string of the molecule is CC(=O)c1ccc2cc([N+]34CCC(CC3)C4)ccc2c1. The fraction of sp³-hybridized carbons (Fsp3) is 0.389. The number of ketones is 1. The Bertz CT molecular complexity index is 696. The summed E-state index contributed by atoms with van der Waals surface area (Å²) in [7, 11) is 0. The number of piperidine rings is 1. The minimum Gasteiger partial charge on any atom is -0.295 e. The number of rotatable bonds is 2. The van der Waals surface area contributed by atoms with Crippen LogP contribution in [0, 0.1) is 5.92 Å². The number of benzene rings is 2. The molecule has 2 aliphatic heterocycles. The van der Waals surface area contributed by atoms with Crippen LogP contribution in [0.1, 0.15) is 30.1 Å². The molecule has 2 saturated heterocycles. The summed E-state index contributed by atoms with van der Waals surface area (Å²) >= 11 is 0. The fourth-order valence-corrected chi connectivity index (χ4v) is 4.09. The van der Waals surface area contributed by atoms with E-state index in [1.165, 1.54) is 53.4 Å². The predicted molar refractivity (Wildman–Crippen MR) is 83.1 cm³/mol. The molecular formula is C18H20NO+. The van der Waals surface area contributed by atoms with Crippen LogP contribution in [0.25, 0.3) is 10.8 Å². The van der Waals surface area contributed by atoms with E-state index < -0.39 is 0 Å². The molecule has 4 rings (SSSR count). The van der Waals surface area contributed by atoms with Gasteiger partial charge in [0.1, 0.15) is 5.69 Å². The van der Waals surface area contributed by atoms with E-state index in [-0.39, 0.29) is 5.78 Å². The minimum atomic E-state index is 0.139. The molecule has 0 unspecified atom stereocenters. The van der Waals surface area contributed by atoms with Gasteiger partial charge in [0.15, 0.2) is 5.78 Å². The number of carbonyl (C=O) groups excluding carboxylic acids is 1. The molecule has 0 aliphatic carbocycles. The van der Waals surface area contributed by atoms with Gasteiger partial charge < -0.3 is 0 Å². The van der Waals surface area contributed by atoms with Crippen molar-refractivity contribution in [3.05, 3.63) is 42.0 Å². The molecule has 0 saturated carbocycles. The molecule has 2 heterocycles. The second-order valence-electron chi connectivity index (χ2n) is 6.52. The van der Waals surface area contributed by atoms with E-state index in [1.807, 2.05) is 12.1 Å². The zero-order valence-electron chi connectivity index (χ0n) is 11.9. The van der Waals surface area contributed by atoms with Crippen molar-refractivity contribution in [2.45, 2.75) is 19.8 Å². The summed E-state index contributed by atoms with van der Waals surface area (Å²) < 4.78 is 1.19. The van der Waals surface area contributed by atoms with Crippen molar-refractivity contribution in [1.82, 2.24) is 4.48 Å². The number of fused-ring (bicyclic) bond motifs is 3. The Labute approximate surface area is 119 Å². The van der Waals surface area contributed by atoms with Crippen LogP contribution in [0.3, 0.4) is 0 Å². The van der Waals surface area contributed by atoms with Gasteiger partial charge in [-0.1, -0.05) is 12.1 Å². The van der Waals surface area contributed by atoms with Crippen molar-refractivity contribution in [3.63, 3.8) is 0 Å². The number of carbonyl (C=O) groups is 1. The van der Waals surface area contributed by atoms with Crippen LogP contribution in [0.4, 0.5) is 5.69 Å². The van der Waals surface area contributed by atoms with Crippen molar-refractivity contribution in [3.8, 4) is 0 Å². The fourth-order valence-electron chi connectivity index (χ4n) is 4.09. The van der Waals surface area contributed by atoms with Crippen molar-refractivity contribution >= 4 is 22.2 Å².